The minimum Gasteiger partial charge on any atom is -0.444 e. The van der Waals surface area contributed by atoms with E-state index in [-0.39, 0.29) is 6.61 Å². The summed E-state index contributed by atoms with van der Waals surface area (Å²) < 4.78 is 10.5. The van der Waals surface area contributed by atoms with Crippen LogP contribution in [0.2, 0.25) is 0 Å². The van der Waals surface area contributed by atoms with Crippen molar-refractivity contribution in [1.29, 1.82) is 0 Å². The first kappa shape index (κ1) is 16.5. The molecule has 0 aromatic heterocycles. The van der Waals surface area contributed by atoms with Gasteiger partial charge in [-0.05, 0) is 31.9 Å². The van der Waals surface area contributed by atoms with Gasteiger partial charge in [0.05, 0.1) is 19.8 Å². The molecule has 0 radical (unpaired) electrons. The van der Waals surface area contributed by atoms with E-state index in [0.717, 1.165) is 11.1 Å². The molecule has 5 nitrogen and oxygen atoms in total. The predicted octanol–water partition coefficient (Wildman–Crippen LogP) is 2.22. The monoisotopic (exact) mass is 281 g/mol. The molecule has 1 amide bonds. The van der Waals surface area contributed by atoms with E-state index >= 15 is 0 Å². The quantitative estimate of drug-likeness (QED) is 0.785. The molecule has 0 aliphatic rings. The number of carbonyl (C=O) groups excluding carboxylic acids is 1. The molecule has 0 saturated heterocycles. The minimum absolute atomic E-state index is 0.0426. The van der Waals surface area contributed by atoms with Gasteiger partial charge in [0.15, 0.2) is 0 Å². The molecular weight excluding hydrogens is 258 g/mol. The molecule has 1 aromatic carbocycles. The van der Waals surface area contributed by atoms with Gasteiger partial charge in [0, 0.05) is 6.54 Å². The topological polar surface area (TPSA) is 67.8 Å². The molecule has 0 unspecified atom stereocenters. The average Bonchev–Trinajstić information content (AvgIpc) is 2.37. The second kappa shape index (κ2) is 7.87. The van der Waals surface area contributed by atoms with Crippen molar-refractivity contribution in [2.75, 3.05) is 13.2 Å². The van der Waals surface area contributed by atoms with E-state index in [2.05, 4.69) is 5.32 Å². The van der Waals surface area contributed by atoms with Crippen LogP contribution < -0.4 is 5.32 Å². The van der Waals surface area contributed by atoms with E-state index in [1.54, 1.807) is 0 Å². The van der Waals surface area contributed by atoms with Crippen molar-refractivity contribution >= 4 is 6.09 Å². The highest BCUT2D eigenvalue weighted by molar-refractivity contribution is 5.67. The number of hydrogen-bond acceptors (Lipinski definition) is 4. The Kier molecular flexibility index (Phi) is 6.48. The van der Waals surface area contributed by atoms with Crippen molar-refractivity contribution in [2.24, 2.45) is 0 Å². The number of alkyl carbamates (subject to hydrolysis) is 1. The van der Waals surface area contributed by atoms with Crippen molar-refractivity contribution in [2.45, 2.75) is 39.6 Å². The van der Waals surface area contributed by atoms with Gasteiger partial charge >= 0.3 is 6.09 Å². The van der Waals surface area contributed by atoms with Crippen LogP contribution in [0.4, 0.5) is 4.79 Å². The summed E-state index contributed by atoms with van der Waals surface area (Å²) >= 11 is 0. The van der Waals surface area contributed by atoms with Crippen molar-refractivity contribution in [1.82, 2.24) is 5.32 Å². The number of aliphatic hydroxyl groups is 1. The lowest BCUT2D eigenvalue weighted by molar-refractivity contribution is 0.0494. The molecular formula is C15H23NO4. The fourth-order valence-electron chi connectivity index (χ4n) is 1.47. The number of ether oxygens (including phenoxy) is 2. The van der Waals surface area contributed by atoms with Gasteiger partial charge in [-0.25, -0.2) is 4.79 Å². The van der Waals surface area contributed by atoms with Crippen molar-refractivity contribution in [3.8, 4) is 0 Å². The zero-order valence-corrected chi connectivity index (χ0v) is 12.3. The second-order valence-electron chi connectivity index (χ2n) is 5.46. The normalized spacial score (nSPS) is 11.2. The number of hydrogen-bond donors (Lipinski definition) is 2. The van der Waals surface area contributed by atoms with Crippen LogP contribution in [0, 0.1) is 0 Å². The zero-order valence-electron chi connectivity index (χ0n) is 12.3. The van der Waals surface area contributed by atoms with E-state index in [4.69, 9.17) is 14.6 Å². The lowest BCUT2D eigenvalue weighted by Crippen LogP contribution is -2.34. The van der Waals surface area contributed by atoms with Crippen LogP contribution in [0.25, 0.3) is 0 Å². The number of carbonyl (C=O) groups is 1. The maximum Gasteiger partial charge on any atom is 0.407 e. The standard InChI is InChI=1S/C15H23NO4/c1-15(2,3)20-14(18)16-8-9-19-11-13-6-4-12(10-17)5-7-13/h4-7,17H,8-11H2,1-3H3,(H,16,18). The average molecular weight is 281 g/mol. The van der Waals surface area contributed by atoms with Gasteiger partial charge in [0.1, 0.15) is 5.60 Å². The summed E-state index contributed by atoms with van der Waals surface area (Å²) in [6.45, 7) is 6.80. The highest BCUT2D eigenvalue weighted by Gasteiger charge is 2.15. The first-order chi connectivity index (χ1) is 9.40. The van der Waals surface area contributed by atoms with E-state index in [1.165, 1.54) is 0 Å². The maximum atomic E-state index is 11.3. The summed E-state index contributed by atoms with van der Waals surface area (Å²) in [5.74, 6) is 0. The molecule has 0 heterocycles. The Morgan fingerprint density at radius 2 is 1.80 bits per heavy atom. The van der Waals surface area contributed by atoms with Crippen molar-refractivity contribution in [3.63, 3.8) is 0 Å². The summed E-state index contributed by atoms with van der Waals surface area (Å²) in [5.41, 5.74) is 1.42. The Morgan fingerprint density at radius 3 is 2.35 bits per heavy atom. The summed E-state index contributed by atoms with van der Waals surface area (Å²) in [4.78, 5) is 11.3. The van der Waals surface area contributed by atoms with Gasteiger partial charge in [-0.1, -0.05) is 24.3 Å². The van der Waals surface area contributed by atoms with Gasteiger partial charge in [0.25, 0.3) is 0 Å². The molecule has 0 spiro atoms. The molecule has 1 rings (SSSR count). The van der Waals surface area contributed by atoms with Crippen LogP contribution >= 0.6 is 0 Å². The Morgan fingerprint density at radius 1 is 1.20 bits per heavy atom. The first-order valence-electron chi connectivity index (χ1n) is 6.64. The highest BCUT2D eigenvalue weighted by Crippen LogP contribution is 2.07. The molecule has 0 fully saturated rings. The molecule has 1 aromatic rings. The lowest BCUT2D eigenvalue weighted by atomic mass is 10.1. The van der Waals surface area contributed by atoms with Crippen LogP contribution in [0.5, 0.6) is 0 Å². The molecule has 2 N–H and O–H groups in total. The highest BCUT2D eigenvalue weighted by atomic mass is 16.6. The van der Waals surface area contributed by atoms with E-state index < -0.39 is 11.7 Å². The fourth-order valence-corrected chi connectivity index (χ4v) is 1.47. The third-order valence-electron chi connectivity index (χ3n) is 2.39. The third kappa shape index (κ3) is 7.11. The van der Waals surface area contributed by atoms with Crippen molar-refractivity contribution < 1.29 is 19.4 Å². The largest absolute Gasteiger partial charge is 0.444 e. The minimum atomic E-state index is -0.487. The Balaban J connectivity index is 2.14. The molecule has 0 bridgehead atoms. The first-order valence-corrected chi connectivity index (χ1v) is 6.64. The molecule has 0 atom stereocenters. The van der Waals surface area contributed by atoms with Crippen LogP contribution in [-0.2, 0) is 22.7 Å². The Hall–Kier alpha value is -1.59. The summed E-state index contributed by atoms with van der Waals surface area (Å²) in [5, 5.41) is 11.5. The molecule has 5 heteroatoms. The number of rotatable bonds is 6. The van der Waals surface area contributed by atoms with Gasteiger partial charge in [0.2, 0.25) is 0 Å². The molecule has 0 aliphatic heterocycles. The zero-order chi connectivity index (χ0) is 15.0. The van der Waals surface area contributed by atoms with Gasteiger partial charge < -0.3 is 19.9 Å². The van der Waals surface area contributed by atoms with E-state index in [9.17, 15) is 4.79 Å². The molecule has 0 aliphatic carbocycles. The number of nitrogens with one attached hydrogen (secondary N) is 1. The summed E-state index contributed by atoms with van der Waals surface area (Å²) in [7, 11) is 0. The van der Waals surface area contributed by atoms with Gasteiger partial charge in [-0.3, -0.25) is 0 Å². The van der Waals surface area contributed by atoms with Gasteiger partial charge in [-0.2, -0.15) is 0 Å². The van der Waals surface area contributed by atoms with Gasteiger partial charge in [-0.15, -0.1) is 0 Å². The SMILES string of the molecule is CC(C)(C)OC(=O)NCCOCc1ccc(CO)cc1. The Labute approximate surface area is 119 Å². The third-order valence-corrected chi connectivity index (χ3v) is 2.39. The summed E-state index contributed by atoms with van der Waals surface area (Å²) in [6, 6.07) is 7.54. The number of amides is 1. The maximum absolute atomic E-state index is 11.3. The van der Waals surface area contributed by atoms with Crippen LogP contribution in [0.3, 0.4) is 0 Å². The van der Waals surface area contributed by atoms with Crippen LogP contribution in [0.1, 0.15) is 31.9 Å². The predicted molar refractivity (Wildman–Crippen MR) is 76.3 cm³/mol. The van der Waals surface area contributed by atoms with Crippen molar-refractivity contribution in [3.05, 3.63) is 35.4 Å². The number of aliphatic hydroxyl groups excluding tert-OH is 1. The summed E-state index contributed by atoms with van der Waals surface area (Å²) in [6.07, 6.45) is -0.437. The van der Waals surface area contributed by atoms with Crippen LogP contribution in [-0.4, -0.2) is 30.0 Å². The number of benzene rings is 1. The smallest absolute Gasteiger partial charge is 0.407 e. The molecule has 112 valence electrons. The molecule has 0 saturated carbocycles. The van der Waals surface area contributed by atoms with E-state index in [0.29, 0.717) is 19.8 Å². The molecule has 20 heavy (non-hydrogen) atoms. The lowest BCUT2D eigenvalue weighted by Gasteiger charge is -2.19. The fraction of sp³-hybridized carbons (Fsp3) is 0.533. The van der Waals surface area contributed by atoms with E-state index in [1.807, 2.05) is 45.0 Å². The second-order valence-corrected chi connectivity index (χ2v) is 5.46. The Bertz CT molecular complexity index is 409. The van der Waals surface area contributed by atoms with Crippen LogP contribution in [0.15, 0.2) is 24.3 Å².